The van der Waals surface area contributed by atoms with Crippen LogP contribution in [-0.4, -0.2) is 48.4 Å². The molecule has 3 rings (SSSR count). The lowest BCUT2D eigenvalue weighted by molar-refractivity contribution is -0.134. The van der Waals surface area contributed by atoms with Crippen LogP contribution in [-0.2, 0) is 4.79 Å². The van der Waals surface area contributed by atoms with Gasteiger partial charge in [-0.25, -0.2) is 0 Å². The molecule has 1 aromatic carbocycles. The molecule has 1 aliphatic heterocycles. The Kier molecular flexibility index (Phi) is 3.56. The minimum atomic E-state index is 0.246. The molecule has 0 bridgehead atoms. The second-order valence-corrected chi connectivity index (χ2v) is 5.62. The number of nitrogens with zero attached hydrogens (tertiary/aromatic N) is 2. The number of hydrogen-bond donors (Lipinski definition) is 0. The Morgan fingerprint density at radius 2 is 1.84 bits per heavy atom. The molecular formula is C16H22N2O. The zero-order valence-electron chi connectivity index (χ0n) is 11.6. The van der Waals surface area contributed by atoms with Crippen molar-refractivity contribution in [2.45, 2.75) is 19.3 Å². The first-order chi connectivity index (χ1) is 9.29. The molecule has 2 aliphatic rings. The topological polar surface area (TPSA) is 23.6 Å². The molecule has 19 heavy (non-hydrogen) atoms. The van der Waals surface area contributed by atoms with E-state index in [1.807, 2.05) is 6.07 Å². The molecule has 0 N–H and O–H groups in total. The second kappa shape index (κ2) is 5.33. The summed E-state index contributed by atoms with van der Waals surface area (Å²) in [4.78, 5) is 16.9. The zero-order chi connectivity index (χ0) is 13.2. The largest absolute Gasteiger partial charge is 0.340 e. The minimum absolute atomic E-state index is 0.246. The third kappa shape index (κ3) is 2.66. The van der Waals surface area contributed by atoms with Crippen molar-refractivity contribution in [3.05, 3.63) is 35.9 Å². The molecule has 1 aliphatic carbocycles. The lowest BCUT2D eigenvalue weighted by Gasteiger charge is -2.34. The Hall–Kier alpha value is -1.35. The van der Waals surface area contributed by atoms with Crippen LogP contribution in [0.5, 0.6) is 0 Å². The number of benzene rings is 1. The van der Waals surface area contributed by atoms with Gasteiger partial charge in [-0.2, -0.15) is 0 Å². The van der Waals surface area contributed by atoms with E-state index >= 15 is 0 Å². The lowest BCUT2D eigenvalue weighted by Crippen LogP contribution is -2.49. The number of amides is 1. The Morgan fingerprint density at radius 1 is 1.16 bits per heavy atom. The molecule has 3 heteroatoms. The summed E-state index contributed by atoms with van der Waals surface area (Å²) in [6.45, 7) is 7.16. The first kappa shape index (κ1) is 12.7. The number of likely N-dealkylation sites (N-methyl/N-ethyl adjacent to an activating group) is 1. The highest BCUT2D eigenvalue weighted by Gasteiger charge is 2.45. The molecule has 1 saturated heterocycles. The molecule has 1 amide bonds. The highest BCUT2D eigenvalue weighted by atomic mass is 16.2. The molecule has 2 fully saturated rings. The third-order valence-electron chi connectivity index (χ3n) is 4.47. The van der Waals surface area contributed by atoms with Gasteiger partial charge in [0.1, 0.15) is 0 Å². The Morgan fingerprint density at radius 3 is 2.47 bits per heavy atom. The molecular weight excluding hydrogens is 236 g/mol. The van der Waals surface area contributed by atoms with Gasteiger partial charge in [0.2, 0.25) is 5.91 Å². The van der Waals surface area contributed by atoms with E-state index in [1.165, 1.54) is 5.56 Å². The molecule has 2 atom stereocenters. The van der Waals surface area contributed by atoms with E-state index in [-0.39, 0.29) is 5.92 Å². The molecule has 0 spiro atoms. The summed E-state index contributed by atoms with van der Waals surface area (Å²) in [6.07, 6.45) is 1.04. The number of carbonyl (C=O) groups excluding carboxylic acids is 1. The molecule has 1 heterocycles. The minimum Gasteiger partial charge on any atom is -0.340 e. The highest BCUT2D eigenvalue weighted by molar-refractivity contribution is 5.83. The van der Waals surface area contributed by atoms with Crippen LogP contribution >= 0.6 is 0 Å². The molecule has 1 saturated carbocycles. The predicted octanol–water partition coefficient (Wildman–Crippen LogP) is 1.95. The Balaban J connectivity index is 1.56. The standard InChI is InChI=1S/C16H22N2O/c1-2-17-8-10-18(11-9-17)16(19)15-12-14(15)13-6-4-3-5-7-13/h3-7,14-15H,2,8-12H2,1H3. The van der Waals surface area contributed by atoms with Gasteiger partial charge in [0.15, 0.2) is 0 Å². The Labute approximate surface area is 115 Å². The highest BCUT2D eigenvalue weighted by Crippen LogP contribution is 2.48. The third-order valence-corrected chi connectivity index (χ3v) is 4.47. The van der Waals surface area contributed by atoms with Crippen molar-refractivity contribution in [1.82, 2.24) is 9.80 Å². The average Bonchev–Trinajstić information content (AvgIpc) is 3.28. The van der Waals surface area contributed by atoms with Gasteiger partial charge in [-0.1, -0.05) is 37.3 Å². The van der Waals surface area contributed by atoms with E-state index in [2.05, 4.69) is 41.0 Å². The maximum Gasteiger partial charge on any atom is 0.226 e. The molecule has 0 aromatic heterocycles. The predicted molar refractivity (Wildman–Crippen MR) is 76.0 cm³/mol. The van der Waals surface area contributed by atoms with Gasteiger partial charge in [-0.05, 0) is 24.4 Å². The van der Waals surface area contributed by atoms with Crippen LogP contribution in [0.2, 0.25) is 0 Å². The van der Waals surface area contributed by atoms with Gasteiger partial charge in [0, 0.05) is 32.1 Å². The van der Waals surface area contributed by atoms with Gasteiger partial charge in [0.25, 0.3) is 0 Å². The van der Waals surface area contributed by atoms with E-state index in [9.17, 15) is 4.79 Å². The molecule has 3 nitrogen and oxygen atoms in total. The quantitative estimate of drug-likeness (QED) is 0.827. The molecule has 102 valence electrons. The van der Waals surface area contributed by atoms with E-state index in [1.54, 1.807) is 0 Å². The van der Waals surface area contributed by atoms with E-state index in [0.29, 0.717) is 11.8 Å². The van der Waals surface area contributed by atoms with E-state index in [0.717, 1.165) is 39.1 Å². The van der Waals surface area contributed by atoms with Crippen LogP contribution in [0.1, 0.15) is 24.8 Å². The van der Waals surface area contributed by atoms with E-state index in [4.69, 9.17) is 0 Å². The van der Waals surface area contributed by atoms with Gasteiger partial charge in [-0.15, -0.1) is 0 Å². The van der Waals surface area contributed by atoms with E-state index < -0.39 is 0 Å². The maximum atomic E-state index is 12.4. The number of rotatable bonds is 3. The number of carbonyl (C=O) groups is 1. The normalized spacial score (nSPS) is 27.3. The van der Waals surface area contributed by atoms with Crippen molar-refractivity contribution in [3.63, 3.8) is 0 Å². The summed E-state index contributed by atoms with van der Waals surface area (Å²) in [5.74, 6) is 1.10. The van der Waals surface area contributed by atoms with Crippen molar-refractivity contribution in [2.24, 2.45) is 5.92 Å². The fraction of sp³-hybridized carbons (Fsp3) is 0.562. The van der Waals surface area contributed by atoms with Crippen LogP contribution in [0.25, 0.3) is 0 Å². The smallest absolute Gasteiger partial charge is 0.226 e. The first-order valence-electron chi connectivity index (χ1n) is 7.35. The summed E-state index contributed by atoms with van der Waals surface area (Å²) < 4.78 is 0. The molecule has 2 unspecified atom stereocenters. The summed E-state index contributed by atoms with van der Waals surface area (Å²) in [7, 11) is 0. The SMILES string of the molecule is CCN1CCN(C(=O)C2CC2c2ccccc2)CC1. The van der Waals surface area contributed by atoms with Gasteiger partial charge >= 0.3 is 0 Å². The van der Waals surface area contributed by atoms with Crippen molar-refractivity contribution in [3.8, 4) is 0 Å². The molecule has 0 radical (unpaired) electrons. The van der Waals surface area contributed by atoms with Gasteiger partial charge in [-0.3, -0.25) is 4.79 Å². The van der Waals surface area contributed by atoms with Crippen LogP contribution in [0.3, 0.4) is 0 Å². The van der Waals surface area contributed by atoms with Crippen molar-refractivity contribution < 1.29 is 4.79 Å². The first-order valence-corrected chi connectivity index (χ1v) is 7.35. The average molecular weight is 258 g/mol. The fourth-order valence-electron chi connectivity index (χ4n) is 3.06. The summed E-state index contributed by atoms with van der Waals surface area (Å²) >= 11 is 0. The van der Waals surface area contributed by atoms with Gasteiger partial charge < -0.3 is 9.80 Å². The number of hydrogen-bond acceptors (Lipinski definition) is 2. The zero-order valence-corrected chi connectivity index (χ0v) is 11.6. The number of piperazine rings is 1. The molecule has 1 aromatic rings. The monoisotopic (exact) mass is 258 g/mol. The van der Waals surface area contributed by atoms with Crippen molar-refractivity contribution in [1.29, 1.82) is 0 Å². The van der Waals surface area contributed by atoms with Crippen LogP contribution in [0.4, 0.5) is 0 Å². The Bertz CT molecular complexity index is 437. The van der Waals surface area contributed by atoms with Crippen molar-refractivity contribution >= 4 is 5.91 Å². The summed E-state index contributed by atoms with van der Waals surface area (Å²) in [5.41, 5.74) is 1.33. The summed E-state index contributed by atoms with van der Waals surface area (Å²) in [6, 6.07) is 10.5. The van der Waals surface area contributed by atoms with Crippen LogP contribution < -0.4 is 0 Å². The second-order valence-electron chi connectivity index (χ2n) is 5.62. The fourth-order valence-corrected chi connectivity index (χ4v) is 3.06. The van der Waals surface area contributed by atoms with Gasteiger partial charge in [0.05, 0.1) is 0 Å². The van der Waals surface area contributed by atoms with Crippen LogP contribution in [0.15, 0.2) is 30.3 Å². The summed E-state index contributed by atoms with van der Waals surface area (Å²) in [5, 5.41) is 0. The van der Waals surface area contributed by atoms with Crippen LogP contribution in [0, 0.1) is 5.92 Å². The maximum absolute atomic E-state index is 12.4. The van der Waals surface area contributed by atoms with Crippen molar-refractivity contribution in [2.75, 3.05) is 32.7 Å². The lowest BCUT2D eigenvalue weighted by atomic mass is 10.1.